The minimum absolute atomic E-state index is 0.0368. The van der Waals surface area contributed by atoms with Gasteiger partial charge in [0.05, 0.1) is 4.92 Å². The monoisotopic (exact) mass is 208 g/mol. The van der Waals surface area contributed by atoms with Gasteiger partial charge in [-0.1, -0.05) is 0 Å². The Bertz CT molecular complexity index is 386. The maximum Gasteiger partial charge on any atom is 0.269 e. The van der Waals surface area contributed by atoms with Crippen molar-refractivity contribution in [3.63, 3.8) is 0 Å². The minimum Gasteiger partial charge on any atom is -0.508 e. The van der Waals surface area contributed by atoms with E-state index in [-0.39, 0.29) is 17.4 Å². The summed E-state index contributed by atoms with van der Waals surface area (Å²) in [5, 5.41) is 23.4. The van der Waals surface area contributed by atoms with Crippen LogP contribution in [0.5, 0.6) is 5.75 Å². The summed E-state index contributed by atoms with van der Waals surface area (Å²) in [6, 6.07) is 4.18. The second-order valence-corrected chi connectivity index (χ2v) is 3.69. The number of nitrogens with zero attached hydrogens (tertiary/aromatic N) is 1. The molecular weight excluding hydrogens is 196 g/mol. The second kappa shape index (κ2) is 3.86. The van der Waals surface area contributed by atoms with Crippen LogP contribution in [0.15, 0.2) is 18.2 Å². The van der Waals surface area contributed by atoms with E-state index in [1.165, 1.54) is 18.2 Å². The number of nitro groups is 1. The van der Waals surface area contributed by atoms with E-state index >= 15 is 0 Å². The van der Waals surface area contributed by atoms with Crippen LogP contribution < -0.4 is 5.32 Å². The van der Waals surface area contributed by atoms with Gasteiger partial charge in [0, 0.05) is 30.2 Å². The van der Waals surface area contributed by atoms with Gasteiger partial charge in [-0.15, -0.1) is 0 Å². The molecule has 0 aliphatic carbocycles. The Morgan fingerprint density at radius 2 is 2.33 bits per heavy atom. The van der Waals surface area contributed by atoms with Crippen LogP contribution >= 0.6 is 0 Å². The summed E-state index contributed by atoms with van der Waals surface area (Å²) in [5.74, 6) is 0.333. The zero-order valence-electron chi connectivity index (χ0n) is 8.14. The Kier molecular flexibility index (Phi) is 2.55. The molecule has 1 heterocycles. The SMILES string of the molecule is O=[N+]([O-])c1ccc(O)c(C2CCNC2)c1. The van der Waals surface area contributed by atoms with Crippen molar-refractivity contribution in [1.82, 2.24) is 5.32 Å². The van der Waals surface area contributed by atoms with E-state index in [4.69, 9.17) is 0 Å². The average molecular weight is 208 g/mol. The Labute approximate surface area is 86.9 Å². The van der Waals surface area contributed by atoms with E-state index in [9.17, 15) is 15.2 Å². The summed E-state index contributed by atoms with van der Waals surface area (Å²) >= 11 is 0. The van der Waals surface area contributed by atoms with Gasteiger partial charge < -0.3 is 10.4 Å². The van der Waals surface area contributed by atoms with Crippen LogP contribution in [0.25, 0.3) is 0 Å². The average Bonchev–Trinajstić information content (AvgIpc) is 2.71. The van der Waals surface area contributed by atoms with E-state index in [0.29, 0.717) is 5.56 Å². The molecule has 0 spiro atoms. The summed E-state index contributed by atoms with van der Waals surface area (Å²) in [7, 11) is 0. The van der Waals surface area contributed by atoms with Gasteiger partial charge in [0.1, 0.15) is 5.75 Å². The first-order valence-corrected chi connectivity index (χ1v) is 4.86. The molecule has 15 heavy (non-hydrogen) atoms. The zero-order chi connectivity index (χ0) is 10.8. The second-order valence-electron chi connectivity index (χ2n) is 3.69. The molecule has 0 aromatic heterocycles. The number of phenolic OH excluding ortho intramolecular Hbond substituents is 1. The van der Waals surface area contributed by atoms with E-state index in [2.05, 4.69) is 5.32 Å². The predicted octanol–water partition coefficient (Wildman–Crippen LogP) is 1.38. The van der Waals surface area contributed by atoms with E-state index in [0.717, 1.165) is 19.5 Å². The summed E-state index contributed by atoms with van der Waals surface area (Å²) < 4.78 is 0. The van der Waals surface area contributed by atoms with Gasteiger partial charge in [-0.2, -0.15) is 0 Å². The van der Waals surface area contributed by atoms with Crippen LogP contribution in [-0.4, -0.2) is 23.1 Å². The van der Waals surface area contributed by atoms with Gasteiger partial charge in [0.15, 0.2) is 0 Å². The number of hydrogen-bond donors (Lipinski definition) is 2. The Hall–Kier alpha value is -1.62. The molecule has 2 N–H and O–H groups in total. The summed E-state index contributed by atoms with van der Waals surface area (Å²) in [4.78, 5) is 10.1. The van der Waals surface area contributed by atoms with Gasteiger partial charge >= 0.3 is 0 Å². The lowest BCUT2D eigenvalue weighted by molar-refractivity contribution is -0.385. The molecule has 1 aliphatic rings. The fraction of sp³-hybridized carbons (Fsp3) is 0.400. The normalized spacial score (nSPS) is 20.4. The molecule has 0 radical (unpaired) electrons. The summed E-state index contributed by atoms with van der Waals surface area (Å²) in [5.41, 5.74) is 0.712. The lowest BCUT2D eigenvalue weighted by atomic mass is 9.97. The number of nitro benzene ring substituents is 1. The number of benzene rings is 1. The molecule has 80 valence electrons. The van der Waals surface area contributed by atoms with Gasteiger partial charge in [0.25, 0.3) is 5.69 Å². The van der Waals surface area contributed by atoms with Crippen molar-refractivity contribution in [1.29, 1.82) is 0 Å². The Morgan fingerprint density at radius 3 is 2.93 bits per heavy atom. The van der Waals surface area contributed by atoms with Gasteiger partial charge in [0.2, 0.25) is 0 Å². The maximum absolute atomic E-state index is 10.6. The third-order valence-corrected chi connectivity index (χ3v) is 2.72. The Balaban J connectivity index is 2.35. The van der Waals surface area contributed by atoms with E-state index in [1.54, 1.807) is 0 Å². The maximum atomic E-state index is 10.6. The molecule has 0 saturated carbocycles. The molecule has 1 unspecified atom stereocenters. The number of rotatable bonds is 2. The number of phenols is 1. The molecule has 2 rings (SSSR count). The lowest BCUT2D eigenvalue weighted by Gasteiger charge is -2.10. The highest BCUT2D eigenvalue weighted by molar-refractivity contribution is 5.45. The first-order valence-electron chi connectivity index (χ1n) is 4.86. The molecule has 1 aromatic carbocycles. The van der Waals surface area contributed by atoms with Crippen LogP contribution in [0.4, 0.5) is 5.69 Å². The van der Waals surface area contributed by atoms with Crippen molar-refractivity contribution in [2.45, 2.75) is 12.3 Å². The highest BCUT2D eigenvalue weighted by Crippen LogP contribution is 2.32. The fourth-order valence-electron chi connectivity index (χ4n) is 1.90. The largest absolute Gasteiger partial charge is 0.508 e. The molecule has 1 saturated heterocycles. The molecule has 1 atom stereocenters. The zero-order valence-corrected chi connectivity index (χ0v) is 8.14. The Morgan fingerprint density at radius 1 is 1.53 bits per heavy atom. The highest BCUT2D eigenvalue weighted by atomic mass is 16.6. The van der Waals surface area contributed by atoms with Crippen molar-refractivity contribution in [2.75, 3.05) is 13.1 Å². The summed E-state index contributed by atoms with van der Waals surface area (Å²) in [6.07, 6.45) is 0.911. The standard InChI is InChI=1S/C10H12N2O3/c13-10-2-1-8(12(14)15)5-9(10)7-3-4-11-6-7/h1-2,5,7,11,13H,3-4,6H2. The van der Waals surface area contributed by atoms with Crippen LogP contribution in [0, 0.1) is 10.1 Å². The third kappa shape index (κ3) is 1.92. The smallest absolute Gasteiger partial charge is 0.269 e. The quantitative estimate of drug-likeness (QED) is 0.568. The lowest BCUT2D eigenvalue weighted by Crippen LogP contribution is -2.08. The molecule has 0 bridgehead atoms. The van der Waals surface area contributed by atoms with Crippen molar-refractivity contribution >= 4 is 5.69 Å². The van der Waals surface area contributed by atoms with Crippen molar-refractivity contribution in [2.24, 2.45) is 0 Å². The fourth-order valence-corrected chi connectivity index (χ4v) is 1.90. The minimum atomic E-state index is -0.439. The first-order chi connectivity index (χ1) is 7.18. The van der Waals surface area contributed by atoms with Gasteiger partial charge in [-0.05, 0) is 19.0 Å². The number of non-ortho nitro benzene ring substituents is 1. The van der Waals surface area contributed by atoms with Crippen molar-refractivity contribution < 1.29 is 10.0 Å². The summed E-state index contributed by atoms with van der Waals surface area (Å²) in [6.45, 7) is 1.67. The van der Waals surface area contributed by atoms with Crippen molar-refractivity contribution in [3.05, 3.63) is 33.9 Å². The molecule has 5 nitrogen and oxygen atoms in total. The van der Waals surface area contributed by atoms with Crippen LogP contribution in [-0.2, 0) is 0 Å². The predicted molar refractivity (Wildman–Crippen MR) is 55.0 cm³/mol. The third-order valence-electron chi connectivity index (χ3n) is 2.72. The van der Waals surface area contributed by atoms with Gasteiger partial charge in [-0.3, -0.25) is 10.1 Å². The van der Waals surface area contributed by atoms with E-state index < -0.39 is 4.92 Å². The molecule has 1 fully saturated rings. The molecular formula is C10H12N2O3. The molecule has 1 aliphatic heterocycles. The number of hydrogen-bond acceptors (Lipinski definition) is 4. The topological polar surface area (TPSA) is 75.4 Å². The molecule has 5 heteroatoms. The molecule has 1 aromatic rings. The van der Waals surface area contributed by atoms with Crippen LogP contribution in [0.3, 0.4) is 0 Å². The number of aromatic hydroxyl groups is 1. The van der Waals surface area contributed by atoms with Crippen molar-refractivity contribution in [3.8, 4) is 5.75 Å². The molecule has 0 amide bonds. The van der Waals surface area contributed by atoms with E-state index in [1.807, 2.05) is 0 Å². The first kappa shape index (κ1) is 9.92. The van der Waals surface area contributed by atoms with Crippen LogP contribution in [0.1, 0.15) is 17.9 Å². The number of nitrogens with one attached hydrogen (secondary N) is 1. The van der Waals surface area contributed by atoms with Crippen LogP contribution in [0.2, 0.25) is 0 Å². The van der Waals surface area contributed by atoms with Gasteiger partial charge in [-0.25, -0.2) is 0 Å². The highest BCUT2D eigenvalue weighted by Gasteiger charge is 2.21.